The van der Waals surface area contributed by atoms with Gasteiger partial charge in [-0.2, -0.15) is 5.26 Å². The number of ether oxygens (including phenoxy) is 1. The second-order valence-electron chi connectivity index (χ2n) is 4.14. The van der Waals surface area contributed by atoms with Gasteiger partial charge in [0.25, 0.3) is 0 Å². The highest BCUT2D eigenvalue weighted by Crippen LogP contribution is 2.59. The zero-order valence-corrected chi connectivity index (χ0v) is 7.55. The molecular weight excluding hydrogens is 150 g/mol. The molecule has 1 aliphatic heterocycles. The number of nitriles is 1. The molecule has 0 amide bonds. The summed E-state index contributed by atoms with van der Waals surface area (Å²) in [5.41, 5.74) is 0.0454. The molecular formula is C10H15NO. The minimum absolute atomic E-state index is 0.0454. The smallest absolute Gasteiger partial charge is 0.0695 e. The summed E-state index contributed by atoms with van der Waals surface area (Å²) >= 11 is 0. The van der Waals surface area contributed by atoms with Gasteiger partial charge in [-0.3, -0.25) is 0 Å². The Kier molecular flexibility index (Phi) is 1.84. The summed E-state index contributed by atoms with van der Waals surface area (Å²) in [4.78, 5) is 0. The molecule has 1 saturated carbocycles. The first-order valence-corrected chi connectivity index (χ1v) is 4.78. The molecule has 0 aromatic carbocycles. The van der Waals surface area contributed by atoms with E-state index in [0.717, 1.165) is 32.5 Å². The SMILES string of the molecule is CC1CC1(C#N)C1CCOCC1. The van der Waals surface area contributed by atoms with Gasteiger partial charge in [0.15, 0.2) is 0 Å². The van der Waals surface area contributed by atoms with Gasteiger partial charge >= 0.3 is 0 Å². The largest absolute Gasteiger partial charge is 0.381 e. The fourth-order valence-corrected chi connectivity index (χ4v) is 2.48. The van der Waals surface area contributed by atoms with Crippen molar-refractivity contribution in [3.63, 3.8) is 0 Å². The van der Waals surface area contributed by atoms with Crippen LogP contribution < -0.4 is 0 Å². The fourth-order valence-electron chi connectivity index (χ4n) is 2.48. The Labute approximate surface area is 73.5 Å². The predicted octanol–water partition coefficient (Wildman–Crippen LogP) is 1.96. The minimum Gasteiger partial charge on any atom is -0.381 e. The van der Waals surface area contributed by atoms with Crippen molar-refractivity contribution in [2.45, 2.75) is 26.2 Å². The Morgan fingerprint density at radius 1 is 1.42 bits per heavy atom. The van der Waals surface area contributed by atoms with Crippen LogP contribution in [-0.2, 0) is 4.74 Å². The molecule has 1 aliphatic carbocycles. The van der Waals surface area contributed by atoms with Crippen molar-refractivity contribution in [1.29, 1.82) is 5.26 Å². The molecule has 2 unspecified atom stereocenters. The Bertz CT molecular complexity index is 214. The van der Waals surface area contributed by atoms with Gasteiger partial charge in [-0.05, 0) is 31.1 Å². The highest BCUT2D eigenvalue weighted by molar-refractivity contribution is 5.17. The van der Waals surface area contributed by atoms with Crippen molar-refractivity contribution in [3.8, 4) is 6.07 Å². The molecule has 12 heavy (non-hydrogen) atoms. The van der Waals surface area contributed by atoms with E-state index in [-0.39, 0.29) is 5.41 Å². The van der Waals surface area contributed by atoms with Crippen LogP contribution in [0.1, 0.15) is 26.2 Å². The van der Waals surface area contributed by atoms with E-state index in [1.54, 1.807) is 0 Å². The van der Waals surface area contributed by atoms with Crippen LogP contribution in [0.5, 0.6) is 0 Å². The third-order valence-corrected chi connectivity index (χ3v) is 3.52. The zero-order valence-electron chi connectivity index (χ0n) is 7.55. The molecule has 1 saturated heterocycles. The molecule has 0 aromatic rings. The molecule has 2 aliphatic rings. The zero-order chi connectivity index (χ0) is 8.60. The first kappa shape index (κ1) is 8.07. The Morgan fingerprint density at radius 2 is 2.00 bits per heavy atom. The molecule has 0 N–H and O–H groups in total. The quantitative estimate of drug-likeness (QED) is 0.595. The van der Waals surface area contributed by atoms with Crippen LogP contribution in [-0.4, -0.2) is 13.2 Å². The monoisotopic (exact) mass is 165 g/mol. The van der Waals surface area contributed by atoms with Crippen LogP contribution in [0.2, 0.25) is 0 Å². The average molecular weight is 165 g/mol. The second kappa shape index (κ2) is 2.74. The van der Waals surface area contributed by atoms with Crippen molar-refractivity contribution in [3.05, 3.63) is 0 Å². The Hall–Kier alpha value is -0.550. The Balaban J connectivity index is 2.03. The van der Waals surface area contributed by atoms with E-state index in [2.05, 4.69) is 13.0 Å². The van der Waals surface area contributed by atoms with Crippen molar-refractivity contribution >= 4 is 0 Å². The van der Waals surface area contributed by atoms with Gasteiger partial charge in [0.2, 0.25) is 0 Å². The van der Waals surface area contributed by atoms with E-state index in [4.69, 9.17) is 10.00 Å². The number of hydrogen-bond donors (Lipinski definition) is 0. The lowest BCUT2D eigenvalue weighted by atomic mass is 9.82. The number of nitrogens with zero attached hydrogens (tertiary/aromatic N) is 1. The van der Waals surface area contributed by atoms with Crippen LogP contribution in [0.25, 0.3) is 0 Å². The summed E-state index contributed by atoms with van der Waals surface area (Å²) in [6, 6.07) is 2.52. The maximum atomic E-state index is 9.09. The van der Waals surface area contributed by atoms with Crippen LogP contribution in [0.15, 0.2) is 0 Å². The van der Waals surface area contributed by atoms with Gasteiger partial charge in [0.05, 0.1) is 11.5 Å². The van der Waals surface area contributed by atoms with Crippen molar-refractivity contribution in [1.82, 2.24) is 0 Å². The topological polar surface area (TPSA) is 33.0 Å². The minimum atomic E-state index is 0.0454. The van der Waals surface area contributed by atoms with Gasteiger partial charge in [-0.15, -0.1) is 0 Å². The summed E-state index contributed by atoms with van der Waals surface area (Å²) in [5.74, 6) is 1.25. The van der Waals surface area contributed by atoms with Gasteiger partial charge < -0.3 is 4.74 Å². The van der Waals surface area contributed by atoms with Crippen molar-refractivity contribution < 1.29 is 4.74 Å². The van der Waals surface area contributed by atoms with Crippen LogP contribution in [0.3, 0.4) is 0 Å². The summed E-state index contributed by atoms with van der Waals surface area (Å²) in [6.45, 7) is 3.92. The third kappa shape index (κ3) is 1.04. The Morgan fingerprint density at radius 3 is 2.42 bits per heavy atom. The van der Waals surface area contributed by atoms with E-state index in [9.17, 15) is 0 Å². The summed E-state index contributed by atoms with van der Waals surface area (Å²) in [6.07, 6.45) is 3.31. The molecule has 0 bridgehead atoms. The van der Waals surface area contributed by atoms with Gasteiger partial charge in [0.1, 0.15) is 0 Å². The van der Waals surface area contributed by atoms with Crippen LogP contribution >= 0.6 is 0 Å². The average Bonchev–Trinajstić information content (AvgIpc) is 2.80. The van der Waals surface area contributed by atoms with E-state index >= 15 is 0 Å². The number of hydrogen-bond acceptors (Lipinski definition) is 2. The summed E-state index contributed by atoms with van der Waals surface area (Å²) in [7, 11) is 0. The molecule has 2 nitrogen and oxygen atoms in total. The van der Waals surface area contributed by atoms with Crippen LogP contribution in [0, 0.1) is 28.6 Å². The van der Waals surface area contributed by atoms with Gasteiger partial charge in [0, 0.05) is 13.2 Å². The normalized spacial score (nSPS) is 42.2. The number of rotatable bonds is 1. The standard InChI is InChI=1S/C10H15NO/c1-8-6-10(8,7-11)9-2-4-12-5-3-9/h8-9H,2-6H2,1H3. The maximum Gasteiger partial charge on any atom is 0.0695 e. The fraction of sp³-hybridized carbons (Fsp3) is 0.900. The van der Waals surface area contributed by atoms with Gasteiger partial charge in [-0.25, -0.2) is 0 Å². The molecule has 0 radical (unpaired) electrons. The highest BCUT2D eigenvalue weighted by atomic mass is 16.5. The van der Waals surface area contributed by atoms with Crippen LogP contribution in [0.4, 0.5) is 0 Å². The van der Waals surface area contributed by atoms with E-state index in [1.165, 1.54) is 0 Å². The molecule has 1 heterocycles. The maximum absolute atomic E-state index is 9.09. The molecule has 2 fully saturated rings. The molecule has 2 rings (SSSR count). The second-order valence-corrected chi connectivity index (χ2v) is 4.14. The third-order valence-electron chi connectivity index (χ3n) is 3.52. The molecule has 0 spiro atoms. The lowest BCUT2D eigenvalue weighted by Crippen LogP contribution is -2.24. The predicted molar refractivity (Wildman–Crippen MR) is 45.4 cm³/mol. The lowest BCUT2D eigenvalue weighted by Gasteiger charge is -2.26. The molecule has 66 valence electrons. The van der Waals surface area contributed by atoms with Crippen molar-refractivity contribution in [2.24, 2.45) is 17.3 Å². The molecule has 2 heteroatoms. The first-order chi connectivity index (χ1) is 5.79. The molecule has 0 aromatic heterocycles. The van der Waals surface area contributed by atoms with Gasteiger partial charge in [-0.1, -0.05) is 6.92 Å². The van der Waals surface area contributed by atoms with Crippen molar-refractivity contribution in [2.75, 3.05) is 13.2 Å². The summed E-state index contributed by atoms with van der Waals surface area (Å²) in [5, 5.41) is 9.09. The summed E-state index contributed by atoms with van der Waals surface area (Å²) < 4.78 is 5.29. The van der Waals surface area contributed by atoms with E-state index in [0.29, 0.717) is 11.8 Å². The van der Waals surface area contributed by atoms with E-state index < -0.39 is 0 Å². The molecule has 2 atom stereocenters. The first-order valence-electron chi connectivity index (χ1n) is 4.78. The van der Waals surface area contributed by atoms with E-state index in [1.807, 2.05) is 0 Å². The lowest BCUT2D eigenvalue weighted by molar-refractivity contribution is 0.0485. The highest BCUT2D eigenvalue weighted by Gasteiger charge is 2.56.